The minimum atomic E-state index is -0.213. The molecule has 3 nitrogen and oxygen atoms in total. The molecule has 1 aromatic carbocycles. The molecule has 0 aliphatic rings. The van der Waals surface area contributed by atoms with Crippen LogP contribution >= 0.6 is 0 Å². The van der Waals surface area contributed by atoms with E-state index in [2.05, 4.69) is 22.1 Å². The van der Waals surface area contributed by atoms with Gasteiger partial charge in [-0.3, -0.25) is 0 Å². The first-order chi connectivity index (χ1) is 9.72. The summed E-state index contributed by atoms with van der Waals surface area (Å²) in [7, 11) is 0. The lowest BCUT2D eigenvalue weighted by Crippen LogP contribution is -2.22. The number of nitrogens with zero attached hydrogens (tertiary/aromatic N) is 2. The lowest BCUT2D eigenvalue weighted by Gasteiger charge is -2.23. The molecule has 0 saturated heterocycles. The van der Waals surface area contributed by atoms with E-state index in [1.54, 1.807) is 12.1 Å². The summed E-state index contributed by atoms with van der Waals surface area (Å²) in [4.78, 5) is 6.65. The molecule has 4 heteroatoms. The fourth-order valence-corrected chi connectivity index (χ4v) is 2.10. The van der Waals surface area contributed by atoms with Crippen LogP contribution in [-0.2, 0) is 6.54 Å². The van der Waals surface area contributed by atoms with E-state index < -0.39 is 0 Å². The van der Waals surface area contributed by atoms with Crippen LogP contribution in [0.4, 0.5) is 15.9 Å². The van der Waals surface area contributed by atoms with Gasteiger partial charge in [0.25, 0.3) is 0 Å². The van der Waals surface area contributed by atoms with Crippen LogP contribution in [0, 0.1) is 5.82 Å². The van der Waals surface area contributed by atoms with Gasteiger partial charge in [-0.25, -0.2) is 9.37 Å². The van der Waals surface area contributed by atoms with Gasteiger partial charge in [0.1, 0.15) is 11.6 Å². The molecule has 1 aromatic heterocycles. The first kappa shape index (κ1) is 14.3. The molecule has 0 bridgehead atoms. The smallest absolute Gasteiger partial charge is 0.126 e. The Morgan fingerprint density at radius 3 is 2.65 bits per heavy atom. The maximum Gasteiger partial charge on any atom is 0.126 e. The van der Waals surface area contributed by atoms with Crippen molar-refractivity contribution in [2.75, 3.05) is 23.3 Å². The number of aromatic nitrogens is 1. The van der Waals surface area contributed by atoms with Gasteiger partial charge >= 0.3 is 0 Å². The maximum absolute atomic E-state index is 13.3. The molecule has 2 aromatic rings. The number of pyridine rings is 1. The second-order valence-electron chi connectivity index (χ2n) is 4.54. The largest absolute Gasteiger partial charge is 0.370 e. The van der Waals surface area contributed by atoms with Gasteiger partial charge in [0.15, 0.2) is 0 Å². The average molecular weight is 273 g/mol. The minimum Gasteiger partial charge on any atom is -0.370 e. The molecule has 0 fully saturated rings. The standard InChI is InChI=1S/C16H20FN3/c1-3-18-16-10-6-8-14(19-16)12-20(4-2)15-9-5-7-13(17)11-15/h5-11H,3-4,12H2,1-2H3,(H,18,19). The Bertz CT molecular complexity index is 557. The molecule has 0 amide bonds. The van der Waals surface area contributed by atoms with Crippen LogP contribution in [0.5, 0.6) is 0 Å². The monoisotopic (exact) mass is 273 g/mol. The second-order valence-corrected chi connectivity index (χ2v) is 4.54. The molecule has 0 aliphatic heterocycles. The maximum atomic E-state index is 13.3. The predicted octanol–water partition coefficient (Wildman–Crippen LogP) is 3.68. The van der Waals surface area contributed by atoms with Crippen LogP contribution in [0.1, 0.15) is 19.5 Å². The van der Waals surface area contributed by atoms with E-state index in [4.69, 9.17) is 0 Å². The molecule has 1 heterocycles. The Labute approximate surface area is 119 Å². The van der Waals surface area contributed by atoms with E-state index in [0.717, 1.165) is 30.3 Å². The summed E-state index contributed by atoms with van der Waals surface area (Å²) in [6.07, 6.45) is 0. The highest BCUT2D eigenvalue weighted by atomic mass is 19.1. The van der Waals surface area contributed by atoms with Crippen molar-refractivity contribution in [3.63, 3.8) is 0 Å². The summed E-state index contributed by atoms with van der Waals surface area (Å²) in [5.74, 6) is 0.663. The Balaban J connectivity index is 2.15. The Morgan fingerprint density at radius 1 is 1.15 bits per heavy atom. The van der Waals surface area contributed by atoms with Crippen LogP contribution in [0.2, 0.25) is 0 Å². The molecule has 0 aliphatic carbocycles. The fourth-order valence-electron chi connectivity index (χ4n) is 2.10. The molecule has 1 N–H and O–H groups in total. The Hall–Kier alpha value is -2.10. The first-order valence-electron chi connectivity index (χ1n) is 6.93. The van der Waals surface area contributed by atoms with Crippen LogP contribution in [0.25, 0.3) is 0 Å². The number of benzene rings is 1. The zero-order valence-electron chi connectivity index (χ0n) is 11.9. The molecule has 0 saturated carbocycles. The molecular weight excluding hydrogens is 253 g/mol. The highest BCUT2D eigenvalue weighted by molar-refractivity contribution is 5.47. The van der Waals surface area contributed by atoms with Gasteiger partial charge in [0.05, 0.1) is 12.2 Å². The van der Waals surface area contributed by atoms with Crippen molar-refractivity contribution in [2.45, 2.75) is 20.4 Å². The highest BCUT2D eigenvalue weighted by Crippen LogP contribution is 2.18. The highest BCUT2D eigenvalue weighted by Gasteiger charge is 2.07. The summed E-state index contributed by atoms with van der Waals surface area (Å²) in [5, 5.41) is 3.20. The van der Waals surface area contributed by atoms with Crippen LogP contribution in [0.3, 0.4) is 0 Å². The van der Waals surface area contributed by atoms with Crippen LogP contribution in [-0.4, -0.2) is 18.1 Å². The zero-order chi connectivity index (χ0) is 14.4. The van der Waals surface area contributed by atoms with Gasteiger partial charge in [-0.1, -0.05) is 12.1 Å². The third-order valence-electron chi connectivity index (χ3n) is 3.07. The average Bonchev–Trinajstić information content (AvgIpc) is 2.45. The molecule has 106 valence electrons. The molecule has 0 atom stereocenters. The van der Waals surface area contributed by atoms with E-state index in [1.165, 1.54) is 6.07 Å². The number of rotatable bonds is 6. The van der Waals surface area contributed by atoms with Crippen molar-refractivity contribution in [3.05, 3.63) is 54.0 Å². The number of nitrogens with one attached hydrogen (secondary N) is 1. The second kappa shape index (κ2) is 6.89. The lowest BCUT2D eigenvalue weighted by molar-refractivity contribution is 0.626. The minimum absolute atomic E-state index is 0.213. The zero-order valence-corrected chi connectivity index (χ0v) is 11.9. The first-order valence-corrected chi connectivity index (χ1v) is 6.93. The normalized spacial score (nSPS) is 10.3. The van der Waals surface area contributed by atoms with Crippen molar-refractivity contribution in [1.82, 2.24) is 4.98 Å². The van der Waals surface area contributed by atoms with Crippen molar-refractivity contribution in [1.29, 1.82) is 0 Å². The van der Waals surface area contributed by atoms with E-state index in [1.807, 2.05) is 31.2 Å². The summed E-state index contributed by atoms with van der Waals surface area (Å²) in [6, 6.07) is 12.6. The molecule has 0 unspecified atom stereocenters. The van der Waals surface area contributed by atoms with E-state index in [-0.39, 0.29) is 5.82 Å². The summed E-state index contributed by atoms with van der Waals surface area (Å²) < 4.78 is 13.3. The van der Waals surface area contributed by atoms with Crippen molar-refractivity contribution in [2.24, 2.45) is 0 Å². The summed E-state index contributed by atoms with van der Waals surface area (Å²) >= 11 is 0. The van der Waals surface area contributed by atoms with Gasteiger partial charge in [-0.15, -0.1) is 0 Å². The topological polar surface area (TPSA) is 28.2 Å². The van der Waals surface area contributed by atoms with E-state index in [9.17, 15) is 4.39 Å². The number of halogens is 1. The van der Waals surface area contributed by atoms with Gasteiger partial charge in [0.2, 0.25) is 0 Å². The lowest BCUT2D eigenvalue weighted by atomic mass is 10.2. The van der Waals surface area contributed by atoms with Gasteiger partial charge < -0.3 is 10.2 Å². The molecule has 20 heavy (non-hydrogen) atoms. The quantitative estimate of drug-likeness (QED) is 0.870. The molecular formula is C16H20FN3. The van der Waals surface area contributed by atoms with Crippen molar-refractivity contribution < 1.29 is 4.39 Å². The number of anilines is 2. The number of hydrogen-bond acceptors (Lipinski definition) is 3. The molecule has 2 rings (SSSR count). The predicted molar refractivity (Wildman–Crippen MR) is 81.5 cm³/mol. The Morgan fingerprint density at radius 2 is 1.95 bits per heavy atom. The van der Waals surface area contributed by atoms with Gasteiger partial charge in [-0.2, -0.15) is 0 Å². The third-order valence-corrected chi connectivity index (χ3v) is 3.07. The van der Waals surface area contributed by atoms with Crippen molar-refractivity contribution >= 4 is 11.5 Å². The number of hydrogen-bond donors (Lipinski definition) is 1. The SMILES string of the molecule is CCNc1cccc(CN(CC)c2cccc(F)c2)n1. The Kier molecular flexibility index (Phi) is 4.93. The molecule has 0 spiro atoms. The fraction of sp³-hybridized carbons (Fsp3) is 0.312. The van der Waals surface area contributed by atoms with E-state index in [0.29, 0.717) is 6.54 Å². The summed E-state index contributed by atoms with van der Waals surface area (Å²) in [6.45, 7) is 6.41. The molecule has 0 radical (unpaired) electrons. The summed E-state index contributed by atoms with van der Waals surface area (Å²) in [5.41, 5.74) is 1.85. The van der Waals surface area contributed by atoms with Gasteiger partial charge in [0, 0.05) is 18.8 Å². The van der Waals surface area contributed by atoms with Crippen LogP contribution < -0.4 is 10.2 Å². The van der Waals surface area contributed by atoms with Crippen LogP contribution in [0.15, 0.2) is 42.5 Å². The van der Waals surface area contributed by atoms with E-state index >= 15 is 0 Å². The third kappa shape index (κ3) is 3.70. The van der Waals surface area contributed by atoms with Gasteiger partial charge in [-0.05, 0) is 44.2 Å². The van der Waals surface area contributed by atoms with Crippen molar-refractivity contribution in [3.8, 4) is 0 Å².